The molecule has 2 aromatic rings. The van der Waals surface area contributed by atoms with E-state index in [1.807, 2.05) is 12.1 Å². The number of hydrogen-bond acceptors (Lipinski definition) is 4. The summed E-state index contributed by atoms with van der Waals surface area (Å²) in [6, 6.07) is 7.93. The van der Waals surface area contributed by atoms with Crippen molar-refractivity contribution in [1.29, 1.82) is 0 Å². The Kier molecular flexibility index (Phi) is 3.68. The van der Waals surface area contributed by atoms with Crippen LogP contribution in [0.2, 0.25) is 0 Å². The highest BCUT2D eigenvalue weighted by Crippen LogP contribution is 2.47. The average molecular weight is 323 g/mol. The van der Waals surface area contributed by atoms with E-state index in [0.29, 0.717) is 11.5 Å². The van der Waals surface area contributed by atoms with E-state index >= 15 is 0 Å². The van der Waals surface area contributed by atoms with Crippen LogP contribution in [0.15, 0.2) is 24.3 Å². The molecule has 1 aliphatic heterocycles. The van der Waals surface area contributed by atoms with E-state index in [-0.39, 0.29) is 6.04 Å². The second-order valence-electron chi connectivity index (χ2n) is 6.39. The third kappa shape index (κ3) is 2.17. The van der Waals surface area contributed by atoms with E-state index in [9.17, 15) is 4.79 Å². The smallest absolute Gasteiger partial charge is 0.161 e. The van der Waals surface area contributed by atoms with Crippen molar-refractivity contribution >= 4 is 12.0 Å². The van der Waals surface area contributed by atoms with Crippen molar-refractivity contribution in [1.82, 2.24) is 0 Å². The van der Waals surface area contributed by atoms with Gasteiger partial charge >= 0.3 is 0 Å². The highest BCUT2D eigenvalue weighted by atomic mass is 16.5. The maximum Gasteiger partial charge on any atom is 0.161 e. The molecule has 2 aliphatic rings. The second-order valence-corrected chi connectivity index (χ2v) is 6.39. The summed E-state index contributed by atoms with van der Waals surface area (Å²) in [6.07, 6.45) is 5.60. The number of ether oxygens (including phenoxy) is 2. The Hall–Kier alpha value is -2.49. The van der Waals surface area contributed by atoms with Gasteiger partial charge in [0.15, 0.2) is 11.5 Å². The van der Waals surface area contributed by atoms with Gasteiger partial charge in [0.05, 0.1) is 14.2 Å². The number of carbonyl (C=O) groups excluding carboxylic acids is 1. The van der Waals surface area contributed by atoms with Crippen LogP contribution in [-0.2, 0) is 17.6 Å². The Labute approximate surface area is 141 Å². The minimum Gasteiger partial charge on any atom is -0.493 e. The molecule has 124 valence electrons. The molecule has 2 aromatic carbocycles. The largest absolute Gasteiger partial charge is 0.493 e. The van der Waals surface area contributed by atoms with Gasteiger partial charge in [-0.25, -0.2) is 0 Å². The SMILES string of the molecule is COc1cc2c(cc1OC)C(C=O)Nc1c-2ccc2c1CCCC2. The van der Waals surface area contributed by atoms with Gasteiger partial charge in [0.25, 0.3) is 0 Å². The third-order valence-electron chi connectivity index (χ3n) is 5.15. The number of nitrogens with one attached hydrogen (secondary N) is 1. The van der Waals surface area contributed by atoms with Gasteiger partial charge in [-0.15, -0.1) is 0 Å². The maximum atomic E-state index is 11.7. The minimum absolute atomic E-state index is 0.360. The van der Waals surface area contributed by atoms with Crippen LogP contribution in [0.4, 0.5) is 5.69 Å². The fraction of sp³-hybridized carbons (Fsp3) is 0.350. The van der Waals surface area contributed by atoms with Crippen molar-refractivity contribution in [2.24, 2.45) is 0 Å². The zero-order valence-electron chi connectivity index (χ0n) is 14.0. The summed E-state index contributed by atoms with van der Waals surface area (Å²) in [4.78, 5) is 11.7. The van der Waals surface area contributed by atoms with Gasteiger partial charge in [0, 0.05) is 11.3 Å². The summed E-state index contributed by atoms with van der Waals surface area (Å²) < 4.78 is 10.9. The molecule has 1 atom stereocenters. The van der Waals surface area contributed by atoms with Crippen molar-refractivity contribution in [3.8, 4) is 22.6 Å². The quantitative estimate of drug-likeness (QED) is 0.870. The van der Waals surface area contributed by atoms with Crippen LogP contribution in [0.5, 0.6) is 11.5 Å². The van der Waals surface area contributed by atoms with E-state index in [2.05, 4.69) is 17.4 Å². The number of rotatable bonds is 3. The molecule has 4 heteroatoms. The Bertz CT molecular complexity index is 813. The summed E-state index contributed by atoms with van der Waals surface area (Å²) in [5.41, 5.74) is 7.01. The van der Waals surface area contributed by atoms with Crippen LogP contribution in [0, 0.1) is 0 Å². The summed E-state index contributed by atoms with van der Waals surface area (Å²) in [5.74, 6) is 1.33. The standard InChI is InChI=1S/C20H21NO3/c1-23-18-9-15-14-8-7-12-5-3-4-6-13(12)20(14)21-17(11-22)16(15)10-19(18)24-2/h7-11,17,21H,3-6H2,1-2H3. The van der Waals surface area contributed by atoms with E-state index in [1.54, 1.807) is 14.2 Å². The molecule has 4 rings (SSSR count). The Morgan fingerprint density at radius 2 is 1.79 bits per heavy atom. The summed E-state index contributed by atoms with van der Waals surface area (Å²) in [5, 5.41) is 3.46. The molecule has 0 saturated carbocycles. The molecule has 0 saturated heterocycles. The number of hydrogen-bond donors (Lipinski definition) is 1. The Morgan fingerprint density at radius 1 is 1.04 bits per heavy atom. The molecule has 1 heterocycles. The third-order valence-corrected chi connectivity index (χ3v) is 5.15. The number of benzene rings is 2. The molecule has 0 fully saturated rings. The lowest BCUT2D eigenvalue weighted by atomic mass is 9.82. The molecule has 0 amide bonds. The normalized spacial score (nSPS) is 17.8. The lowest BCUT2D eigenvalue weighted by Crippen LogP contribution is -2.21. The molecule has 0 radical (unpaired) electrons. The molecular formula is C20H21NO3. The molecule has 4 nitrogen and oxygen atoms in total. The first kappa shape index (κ1) is 15.1. The first-order valence-electron chi connectivity index (χ1n) is 8.39. The highest BCUT2D eigenvalue weighted by Gasteiger charge is 2.29. The van der Waals surface area contributed by atoms with Crippen molar-refractivity contribution in [3.05, 3.63) is 41.0 Å². The zero-order chi connectivity index (χ0) is 16.7. The van der Waals surface area contributed by atoms with Crippen LogP contribution in [0.25, 0.3) is 11.1 Å². The van der Waals surface area contributed by atoms with Gasteiger partial charge < -0.3 is 19.6 Å². The predicted molar refractivity (Wildman–Crippen MR) is 94.1 cm³/mol. The molecule has 1 N–H and O–H groups in total. The summed E-state index contributed by atoms with van der Waals surface area (Å²) >= 11 is 0. The molecular weight excluding hydrogens is 302 g/mol. The van der Waals surface area contributed by atoms with Gasteiger partial charge in [-0.1, -0.05) is 12.1 Å². The topological polar surface area (TPSA) is 47.6 Å². The van der Waals surface area contributed by atoms with Crippen molar-refractivity contribution < 1.29 is 14.3 Å². The lowest BCUT2D eigenvalue weighted by Gasteiger charge is -2.31. The minimum atomic E-state index is -0.360. The van der Waals surface area contributed by atoms with E-state index in [1.165, 1.54) is 24.0 Å². The van der Waals surface area contributed by atoms with Gasteiger partial charge in [-0.05, 0) is 60.1 Å². The molecule has 0 bridgehead atoms. The van der Waals surface area contributed by atoms with Crippen LogP contribution in [0.3, 0.4) is 0 Å². The van der Waals surface area contributed by atoms with Crippen molar-refractivity contribution in [2.75, 3.05) is 19.5 Å². The Morgan fingerprint density at radius 3 is 2.54 bits per heavy atom. The van der Waals surface area contributed by atoms with Gasteiger partial charge in [0.2, 0.25) is 0 Å². The molecule has 24 heavy (non-hydrogen) atoms. The maximum absolute atomic E-state index is 11.7. The Balaban J connectivity index is 1.96. The number of anilines is 1. The van der Waals surface area contributed by atoms with Crippen LogP contribution < -0.4 is 14.8 Å². The monoisotopic (exact) mass is 323 g/mol. The van der Waals surface area contributed by atoms with Crippen LogP contribution in [0.1, 0.15) is 35.6 Å². The molecule has 0 aromatic heterocycles. The van der Waals surface area contributed by atoms with E-state index in [4.69, 9.17) is 9.47 Å². The predicted octanol–water partition coefficient (Wildman–Crippen LogP) is 3.92. The number of fused-ring (bicyclic) bond motifs is 5. The number of aryl methyl sites for hydroxylation is 1. The summed E-state index contributed by atoms with van der Waals surface area (Å²) in [7, 11) is 3.25. The zero-order valence-corrected chi connectivity index (χ0v) is 14.0. The number of carbonyl (C=O) groups is 1. The van der Waals surface area contributed by atoms with Gasteiger partial charge in [-0.3, -0.25) is 0 Å². The van der Waals surface area contributed by atoms with E-state index < -0.39 is 0 Å². The van der Waals surface area contributed by atoms with Crippen LogP contribution in [-0.4, -0.2) is 20.5 Å². The fourth-order valence-electron chi connectivity index (χ4n) is 3.94. The van der Waals surface area contributed by atoms with Crippen molar-refractivity contribution in [2.45, 2.75) is 31.7 Å². The number of aldehydes is 1. The van der Waals surface area contributed by atoms with Crippen LogP contribution >= 0.6 is 0 Å². The average Bonchev–Trinajstić information content (AvgIpc) is 2.65. The van der Waals surface area contributed by atoms with E-state index in [0.717, 1.165) is 41.5 Å². The first-order chi connectivity index (χ1) is 11.8. The summed E-state index contributed by atoms with van der Waals surface area (Å²) in [6.45, 7) is 0. The second kappa shape index (κ2) is 5.86. The fourth-order valence-corrected chi connectivity index (χ4v) is 3.94. The molecule has 0 spiro atoms. The highest BCUT2D eigenvalue weighted by molar-refractivity contribution is 5.91. The molecule has 1 unspecified atom stereocenters. The number of methoxy groups -OCH3 is 2. The van der Waals surface area contributed by atoms with Gasteiger partial charge in [-0.2, -0.15) is 0 Å². The van der Waals surface area contributed by atoms with Crippen molar-refractivity contribution in [3.63, 3.8) is 0 Å². The lowest BCUT2D eigenvalue weighted by molar-refractivity contribution is -0.108. The van der Waals surface area contributed by atoms with Gasteiger partial charge in [0.1, 0.15) is 12.3 Å². The first-order valence-corrected chi connectivity index (χ1v) is 8.39. The molecule has 1 aliphatic carbocycles.